The molecule has 1 aromatic rings. The first-order valence-electron chi connectivity index (χ1n) is 7.31. The second-order valence-electron chi connectivity index (χ2n) is 5.44. The Balaban J connectivity index is 1.70. The molecular weight excluding hydrogens is 254 g/mol. The van der Waals surface area contributed by atoms with E-state index in [1.54, 1.807) is 0 Å². The van der Waals surface area contributed by atoms with Crippen LogP contribution in [0.5, 0.6) is 5.75 Å². The zero-order valence-electron chi connectivity index (χ0n) is 11.6. The molecule has 1 aliphatic carbocycles. The van der Waals surface area contributed by atoms with Crippen LogP contribution in [0.15, 0.2) is 18.2 Å². The van der Waals surface area contributed by atoms with Gasteiger partial charge in [-0.05, 0) is 31.7 Å². The molecule has 1 amide bonds. The molecule has 4 nitrogen and oxygen atoms in total. The zero-order valence-corrected chi connectivity index (χ0v) is 11.6. The third-order valence-electron chi connectivity index (χ3n) is 4.07. The largest absolute Gasteiger partial charge is 0.483 e. The number of rotatable bonds is 3. The van der Waals surface area contributed by atoms with Gasteiger partial charge in [0.1, 0.15) is 5.75 Å². The molecule has 0 atom stereocenters. The summed E-state index contributed by atoms with van der Waals surface area (Å²) in [5.41, 5.74) is 1.74. The molecule has 2 aliphatic rings. The smallest absolute Gasteiger partial charge is 0.260 e. The van der Waals surface area contributed by atoms with Crippen LogP contribution in [0.4, 0.5) is 0 Å². The lowest BCUT2D eigenvalue weighted by Crippen LogP contribution is -2.32. The fraction of sp³-hybridized carbons (Fsp3) is 0.500. The third kappa shape index (κ3) is 2.55. The van der Waals surface area contributed by atoms with E-state index in [0.717, 1.165) is 49.9 Å². The molecule has 1 heterocycles. The van der Waals surface area contributed by atoms with Crippen molar-refractivity contribution in [3.05, 3.63) is 29.3 Å². The van der Waals surface area contributed by atoms with E-state index in [1.807, 2.05) is 23.1 Å². The molecule has 20 heavy (non-hydrogen) atoms. The van der Waals surface area contributed by atoms with Gasteiger partial charge in [0.05, 0.1) is 0 Å². The summed E-state index contributed by atoms with van der Waals surface area (Å²) >= 11 is 0. The molecule has 0 spiro atoms. The van der Waals surface area contributed by atoms with Crippen molar-refractivity contribution >= 4 is 11.7 Å². The Morgan fingerprint density at radius 1 is 1.15 bits per heavy atom. The van der Waals surface area contributed by atoms with E-state index in [1.165, 1.54) is 0 Å². The molecule has 1 aromatic carbocycles. The first-order chi connectivity index (χ1) is 9.75. The monoisotopic (exact) mass is 273 g/mol. The van der Waals surface area contributed by atoms with Crippen molar-refractivity contribution in [2.45, 2.75) is 32.1 Å². The van der Waals surface area contributed by atoms with E-state index < -0.39 is 0 Å². The Kier molecular flexibility index (Phi) is 3.72. The van der Waals surface area contributed by atoms with Crippen LogP contribution in [-0.4, -0.2) is 36.3 Å². The van der Waals surface area contributed by atoms with Crippen molar-refractivity contribution in [3.63, 3.8) is 0 Å². The quantitative estimate of drug-likeness (QED) is 0.848. The minimum atomic E-state index is 0.0437. The van der Waals surface area contributed by atoms with Gasteiger partial charge in [0, 0.05) is 30.6 Å². The molecule has 0 unspecified atom stereocenters. The van der Waals surface area contributed by atoms with Crippen LogP contribution in [0.1, 0.15) is 41.6 Å². The molecule has 0 N–H and O–H groups in total. The minimum absolute atomic E-state index is 0.0437. The summed E-state index contributed by atoms with van der Waals surface area (Å²) in [6, 6.07) is 5.54. The summed E-state index contributed by atoms with van der Waals surface area (Å²) in [5, 5.41) is 0. The van der Waals surface area contributed by atoms with Crippen LogP contribution in [0, 0.1) is 0 Å². The van der Waals surface area contributed by atoms with Crippen molar-refractivity contribution in [2.75, 3.05) is 19.7 Å². The molecule has 4 heteroatoms. The molecule has 1 saturated heterocycles. The van der Waals surface area contributed by atoms with Gasteiger partial charge in [-0.1, -0.05) is 12.1 Å². The number of ether oxygens (including phenoxy) is 1. The number of carbonyl (C=O) groups excluding carboxylic acids is 2. The second kappa shape index (κ2) is 5.65. The van der Waals surface area contributed by atoms with Gasteiger partial charge in [0.25, 0.3) is 5.91 Å². The number of Topliss-reactive ketones (excluding diaryl/α,β-unsaturated/α-hetero) is 1. The van der Waals surface area contributed by atoms with Gasteiger partial charge >= 0.3 is 0 Å². The van der Waals surface area contributed by atoms with E-state index in [4.69, 9.17) is 4.74 Å². The van der Waals surface area contributed by atoms with Crippen molar-refractivity contribution in [3.8, 4) is 5.75 Å². The number of amides is 1. The first kappa shape index (κ1) is 13.2. The summed E-state index contributed by atoms with van der Waals surface area (Å²) in [4.78, 5) is 25.7. The SMILES string of the molecule is O=C1CCCc2c(OCC(=O)N3CCCC3)cccc21. The Hall–Kier alpha value is -1.84. The molecule has 1 fully saturated rings. The number of fused-ring (bicyclic) bond motifs is 1. The minimum Gasteiger partial charge on any atom is -0.483 e. The number of ketones is 1. The summed E-state index contributed by atoms with van der Waals surface area (Å²) in [6.45, 7) is 1.76. The maximum absolute atomic E-state index is 12.0. The van der Waals surface area contributed by atoms with Gasteiger partial charge in [-0.15, -0.1) is 0 Å². The predicted octanol–water partition coefficient (Wildman–Crippen LogP) is 2.21. The Labute approximate surface area is 118 Å². The van der Waals surface area contributed by atoms with Gasteiger partial charge in [-0.3, -0.25) is 9.59 Å². The molecule has 1 aliphatic heterocycles. The molecule has 0 bridgehead atoms. The second-order valence-corrected chi connectivity index (χ2v) is 5.44. The molecular formula is C16H19NO3. The normalized spacial score (nSPS) is 18.0. The first-order valence-corrected chi connectivity index (χ1v) is 7.31. The number of carbonyl (C=O) groups is 2. The topological polar surface area (TPSA) is 46.6 Å². The van der Waals surface area contributed by atoms with Crippen molar-refractivity contribution < 1.29 is 14.3 Å². The Morgan fingerprint density at radius 3 is 2.75 bits per heavy atom. The fourth-order valence-corrected chi connectivity index (χ4v) is 2.98. The highest BCUT2D eigenvalue weighted by Crippen LogP contribution is 2.29. The lowest BCUT2D eigenvalue weighted by atomic mass is 9.90. The van der Waals surface area contributed by atoms with E-state index in [9.17, 15) is 9.59 Å². The summed E-state index contributed by atoms with van der Waals surface area (Å²) < 4.78 is 5.68. The molecule has 106 valence electrons. The standard InChI is InChI=1S/C16H19NO3/c18-14-7-3-6-13-12(14)5-4-8-15(13)20-11-16(19)17-9-1-2-10-17/h4-5,8H,1-3,6-7,9-11H2. The van der Waals surface area contributed by atoms with Gasteiger partial charge in [-0.2, -0.15) is 0 Å². The van der Waals surface area contributed by atoms with Crippen LogP contribution in [0.25, 0.3) is 0 Å². The molecule has 0 aromatic heterocycles. The van der Waals surface area contributed by atoms with E-state index in [-0.39, 0.29) is 18.3 Å². The van der Waals surface area contributed by atoms with Crippen LogP contribution in [0.2, 0.25) is 0 Å². The highest BCUT2D eigenvalue weighted by atomic mass is 16.5. The van der Waals surface area contributed by atoms with E-state index in [0.29, 0.717) is 12.2 Å². The number of hydrogen-bond donors (Lipinski definition) is 0. The van der Waals surface area contributed by atoms with Crippen molar-refractivity contribution in [1.29, 1.82) is 0 Å². The molecule has 3 rings (SSSR count). The third-order valence-corrected chi connectivity index (χ3v) is 4.07. The average molecular weight is 273 g/mol. The number of benzene rings is 1. The maximum atomic E-state index is 12.0. The number of nitrogens with zero attached hydrogens (tertiary/aromatic N) is 1. The van der Waals surface area contributed by atoms with Crippen molar-refractivity contribution in [1.82, 2.24) is 4.90 Å². The van der Waals surface area contributed by atoms with Gasteiger partial charge < -0.3 is 9.64 Å². The lowest BCUT2D eigenvalue weighted by molar-refractivity contribution is -0.132. The highest BCUT2D eigenvalue weighted by molar-refractivity contribution is 5.99. The molecule has 0 radical (unpaired) electrons. The number of hydrogen-bond acceptors (Lipinski definition) is 3. The summed E-state index contributed by atoms with van der Waals surface area (Å²) in [5.74, 6) is 0.924. The van der Waals surface area contributed by atoms with Crippen LogP contribution >= 0.6 is 0 Å². The van der Waals surface area contributed by atoms with Gasteiger partial charge in [0.2, 0.25) is 0 Å². The van der Waals surface area contributed by atoms with Crippen LogP contribution < -0.4 is 4.74 Å². The van der Waals surface area contributed by atoms with Crippen molar-refractivity contribution in [2.24, 2.45) is 0 Å². The van der Waals surface area contributed by atoms with E-state index >= 15 is 0 Å². The average Bonchev–Trinajstić information content (AvgIpc) is 2.99. The van der Waals surface area contributed by atoms with Gasteiger partial charge in [-0.25, -0.2) is 0 Å². The lowest BCUT2D eigenvalue weighted by Gasteiger charge is -2.20. The van der Waals surface area contributed by atoms with E-state index in [2.05, 4.69) is 0 Å². The Morgan fingerprint density at radius 2 is 1.95 bits per heavy atom. The summed E-state index contributed by atoms with van der Waals surface area (Å²) in [6.07, 6.45) is 4.51. The fourth-order valence-electron chi connectivity index (χ4n) is 2.98. The number of likely N-dealkylation sites (tertiary alicyclic amines) is 1. The Bertz CT molecular complexity index is 533. The van der Waals surface area contributed by atoms with Crippen LogP contribution in [0.3, 0.4) is 0 Å². The summed E-state index contributed by atoms with van der Waals surface area (Å²) in [7, 11) is 0. The highest BCUT2D eigenvalue weighted by Gasteiger charge is 2.22. The zero-order chi connectivity index (χ0) is 13.9. The molecule has 0 saturated carbocycles. The van der Waals surface area contributed by atoms with Crippen LogP contribution in [-0.2, 0) is 11.2 Å². The maximum Gasteiger partial charge on any atom is 0.260 e. The predicted molar refractivity (Wildman–Crippen MR) is 75.0 cm³/mol. The van der Waals surface area contributed by atoms with Gasteiger partial charge in [0.15, 0.2) is 12.4 Å².